The van der Waals surface area contributed by atoms with Gasteiger partial charge in [0.1, 0.15) is 29.1 Å². The predicted molar refractivity (Wildman–Crippen MR) is 123 cm³/mol. The van der Waals surface area contributed by atoms with Gasteiger partial charge in [0.15, 0.2) is 11.6 Å². The molecule has 0 radical (unpaired) electrons. The van der Waals surface area contributed by atoms with E-state index in [-0.39, 0.29) is 24.1 Å². The van der Waals surface area contributed by atoms with E-state index in [9.17, 15) is 9.59 Å². The van der Waals surface area contributed by atoms with Gasteiger partial charge in [0.25, 0.3) is 0 Å². The molecule has 0 N–H and O–H groups in total. The Balaban J connectivity index is 1.60. The Kier molecular flexibility index (Phi) is 3.54. The number of rotatable bonds is 1. The van der Waals surface area contributed by atoms with Crippen molar-refractivity contribution in [2.75, 3.05) is 20.2 Å². The van der Waals surface area contributed by atoms with Crippen molar-refractivity contribution in [2.45, 2.75) is 11.5 Å². The molecule has 1 aromatic heterocycles. The second kappa shape index (κ2) is 6.21. The normalized spacial score (nSPS) is 28.1. The molecule has 5 heteroatoms. The Morgan fingerprint density at radius 2 is 1.67 bits per heavy atom. The number of ketones is 2. The maximum Gasteiger partial charge on any atom is 0.189 e. The molecule has 0 saturated carbocycles. The Labute approximate surface area is 190 Å². The van der Waals surface area contributed by atoms with Crippen molar-refractivity contribution in [2.24, 2.45) is 5.41 Å². The van der Waals surface area contributed by atoms with Crippen molar-refractivity contribution in [3.05, 3.63) is 102 Å². The maximum absolute atomic E-state index is 14.6. The van der Waals surface area contributed by atoms with Gasteiger partial charge in [0.2, 0.25) is 0 Å². The van der Waals surface area contributed by atoms with Gasteiger partial charge in [-0.05, 0) is 47.6 Å². The number of Topliss-reactive ketones (excluding diaryl/α,β-unsaturated/α-hetero) is 2. The van der Waals surface area contributed by atoms with Crippen molar-refractivity contribution < 1.29 is 18.7 Å². The van der Waals surface area contributed by atoms with E-state index in [1.807, 2.05) is 73.8 Å². The third-order valence-corrected chi connectivity index (χ3v) is 8.02. The minimum atomic E-state index is -1.18. The number of hydrogen-bond donors (Lipinski definition) is 0. The molecule has 162 valence electrons. The number of fused-ring (bicyclic) bond motifs is 3. The molecule has 3 heterocycles. The Morgan fingerprint density at radius 1 is 0.879 bits per heavy atom. The first-order valence-electron chi connectivity index (χ1n) is 11.2. The molecule has 0 amide bonds. The molecule has 3 aromatic carbocycles. The van der Waals surface area contributed by atoms with Crippen molar-refractivity contribution in [1.29, 1.82) is 0 Å². The zero-order chi connectivity index (χ0) is 22.4. The number of para-hydroxylation sites is 1. The van der Waals surface area contributed by atoms with Gasteiger partial charge in [0, 0.05) is 18.0 Å². The van der Waals surface area contributed by atoms with Crippen molar-refractivity contribution in [1.82, 2.24) is 4.90 Å². The van der Waals surface area contributed by atoms with E-state index in [0.717, 1.165) is 16.3 Å². The van der Waals surface area contributed by atoms with E-state index in [4.69, 9.17) is 9.15 Å². The lowest BCUT2D eigenvalue weighted by atomic mass is 9.57. The molecule has 3 aliphatic rings. The fourth-order valence-corrected chi connectivity index (χ4v) is 6.76. The molecule has 2 aliphatic heterocycles. The number of hydrogen-bond acceptors (Lipinski definition) is 5. The SMILES string of the molecule is CN1C[C@@H](c2ccco2)[C@@]2(COc3ccccc3C2=O)[C@@]12C(=O)c1cccc3cccc2c13. The van der Waals surface area contributed by atoms with E-state index >= 15 is 0 Å². The summed E-state index contributed by atoms with van der Waals surface area (Å²) in [7, 11) is 1.95. The first kappa shape index (κ1) is 18.8. The molecular formula is C28H21NO4. The molecule has 1 fully saturated rings. The highest BCUT2D eigenvalue weighted by atomic mass is 16.5. The van der Waals surface area contributed by atoms with Crippen LogP contribution in [0.5, 0.6) is 5.75 Å². The number of furan rings is 1. The first-order chi connectivity index (χ1) is 16.1. The molecule has 0 unspecified atom stereocenters. The molecule has 7 rings (SSSR count). The van der Waals surface area contributed by atoms with Crippen LogP contribution in [0.3, 0.4) is 0 Å². The average Bonchev–Trinajstić information content (AvgIpc) is 3.52. The van der Waals surface area contributed by atoms with E-state index in [1.165, 1.54) is 0 Å². The summed E-state index contributed by atoms with van der Waals surface area (Å²) in [6.45, 7) is 0.607. The summed E-state index contributed by atoms with van der Waals surface area (Å²) in [4.78, 5) is 31.1. The van der Waals surface area contributed by atoms with E-state index in [2.05, 4.69) is 4.90 Å². The van der Waals surface area contributed by atoms with Gasteiger partial charge in [0.05, 0.1) is 11.8 Å². The zero-order valence-corrected chi connectivity index (χ0v) is 18.1. The summed E-state index contributed by atoms with van der Waals surface area (Å²) in [6.07, 6.45) is 1.63. The van der Waals surface area contributed by atoms with Crippen molar-refractivity contribution >= 4 is 22.3 Å². The summed E-state index contributed by atoms with van der Waals surface area (Å²) < 4.78 is 12.2. The lowest BCUT2D eigenvalue weighted by Crippen LogP contribution is -2.61. The van der Waals surface area contributed by atoms with Crippen LogP contribution >= 0.6 is 0 Å². The van der Waals surface area contributed by atoms with E-state index in [0.29, 0.717) is 29.2 Å². The van der Waals surface area contributed by atoms with Crippen LogP contribution in [0.2, 0.25) is 0 Å². The number of ether oxygens (including phenoxy) is 1. The lowest BCUT2D eigenvalue weighted by molar-refractivity contribution is 0.00695. The van der Waals surface area contributed by atoms with Crippen LogP contribution in [0.1, 0.15) is 38.0 Å². The second-order valence-corrected chi connectivity index (χ2v) is 9.28. The summed E-state index contributed by atoms with van der Waals surface area (Å²) in [5, 5.41) is 1.94. The van der Waals surface area contributed by atoms with Crippen molar-refractivity contribution in [3.8, 4) is 5.75 Å². The molecular weight excluding hydrogens is 414 g/mol. The number of carbonyl (C=O) groups is 2. The average molecular weight is 435 g/mol. The molecule has 1 saturated heterocycles. The smallest absolute Gasteiger partial charge is 0.189 e. The number of carbonyl (C=O) groups excluding carboxylic acids is 2. The third kappa shape index (κ3) is 1.99. The van der Waals surface area contributed by atoms with E-state index in [1.54, 1.807) is 12.3 Å². The number of benzene rings is 3. The van der Waals surface area contributed by atoms with Gasteiger partial charge in [-0.1, -0.05) is 48.5 Å². The highest BCUT2D eigenvalue weighted by Crippen LogP contribution is 2.65. The molecule has 3 atom stereocenters. The standard InChI is InChI=1S/C28H21NO4/c1-29-15-21(23-13-6-14-32-23)27(16-33-22-12-3-2-9-18(22)25(27)30)28(29)20-11-5-8-17-7-4-10-19(24(17)20)26(28)31/h2-14,21H,15-16H2,1H3/t21-,27+,28+/m0/s1. The van der Waals surface area contributed by atoms with E-state index < -0.39 is 11.0 Å². The van der Waals surface area contributed by atoms with Gasteiger partial charge in [-0.3, -0.25) is 14.5 Å². The van der Waals surface area contributed by atoms with Gasteiger partial charge in [-0.15, -0.1) is 0 Å². The predicted octanol–water partition coefficient (Wildman–Crippen LogP) is 4.82. The maximum atomic E-state index is 14.6. The topological polar surface area (TPSA) is 59.8 Å². The highest BCUT2D eigenvalue weighted by molar-refractivity contribution is 6.24. The molecule has 4 aromatic rings. The lowest BCUT2D eigenvalue weighted by Gasteiger charge is -2.48. The molecule has 33 heavy (non-hydrogen) atoms. The molecule has 5 nitrogen and oxygen atoms in total. The third-order valence-electron chi connectivity index (χ3n) is 8.02. The number of likely N-dealkylation sites (N-methyl/N-ethyl adjacent to an activating group) is 1. The van der Waals surface area contributed by atoms with Crippen LogP contribution in [0, 0.1) is 5.41 Å². The molecule has 2 spiro atoms. The van der Waals surface area contributed by atoms with Gasteiger partial charge in [-0.2, -0.15) is 0 Å². The van der Waals surface area contributed by atoms with Crippen LogP contribution < -0.4 is 4.74 Å². The largest absolute Gasteiger partial charge is 0.492 e. The van der Waals surface area contributed by atoms with Crippen LogP contribution in [0.15, 0.2) is 83.5 Å². The number of nitrogens with zero attached hydrogens (tertiary/aromatic N) is 1. The van der Waals surface area contributed by atoms with Crippen LogP contribution in [0.4, 0.5) is 0 Å². The molecule has 0 bridgehead atoms. The zero-order valence-electron chi connectivity index (χ0n) is 18.1. The fraction of sp³-hybridized carbons (Fsp3) is 0.214. The highest BCUT2D eigenvalue weighted by Gasteiger charge is 2.75. The monoisotopic (exact) mass is 435 g/mol. The number of likely N-dealkylation sites (tertiary alicyclic amines) is 1. The van der Waals surface area contributed by atoms with Crippen LogP contribution in [-0.4, -0.2) is 36.7 Å². The first-order valence-corrected chi connectivity index (χ1v) is 11.2. The Hall–Kier alpha value is -3.70. The Morgan fingerprint density at radius 3 is 2.48 bits per heavy atom. The minimum Gasteiger partial charge on any atom is -0.492 e. The summed E-state index contributed by atoms with van der Waals surface area (Å²) in [5.74, 6) is 0.825. The summed E-state index contributed by atoms with van der Waals surface area (Å²) >= 11 is 0. The van der Waals surface area contributed by atoms with Gasteiger partial charge in [-0.25, -0.2) is 0 Å². The van der Waals surface area contributed by atoms with Gasteiger partial charge < -0.3 is 9.15 Å². The molecule has 1 aliphatic carbocycles. The van der Waals surface area contributed by atoms with Crippen LogP contribution in [-0.2, 0) is 5.54 Å². The van der Waals surface area contributed by atoms with Crippen LogP contribution in [0.25, 0.3) is 10.8 Å². The quantitative estimate of drug-likeness (QED) is 0.429. The second-order valence-electron chi connectivity index (χ2n) is 9.28. The minimum absolute atomic E-state index is 0.0396. The van der Waals surface area contributed by atoms with Crippen molar-refractivity contribution in [3.63, 3.8) is 0 Å². The fourth-order valence-electron chi connectivity index (χ4n) is 6.76. The van der Waals surface area contributed by atoms with Gasteiger partial charge >= 0.3 is 0 Å². The summed E-state index contributed by atoms with van der Waals surface area (Å²) in [5.41, 5.74) is -0.281. The summed E-state index contributed by atoms with van der Waals surface area (Å²) in [6, 6.07) is 22.9. The Bertz CT molecular complexity index is 1470.